The number of amides is 1. The predicted molar refractivity (Wildman–Crippen MR) is 128 cm³/mol. The van der Waals surface area contributed by atoms with Crippen molar-refractivity contribution in [2.24, 2.45) is 0 Å². The van der Waals surface area contributed by atoms with E-state index < -0.39 is 0 Å². The van der Waals surface area contributed by atoms with E-state index in [-0.39, 0.29) is 5.91 Å². The minimum Gasteiger partial charge on any atom is -0.312 e. The summed E-state index contributed by atoms with van der Waals surface area (Å²) in [4.78, 5) is 19.4. The topological polar surface area (TPSA) is 65.8 Å². The van der Waals surface area contributed by atoms with Crippen molar-refractivity contribution in [1.29, 1.82) is 5.26 Å². The molecule has 0 saturated carbocycles. The van der Waals surface area contributed by atoms with Gasteiger partial charge in [-0.1, -0.05) is 48.9 Å². The van der Waals surface area contributed by atoms with Crippen molar-refractivity contribution in [2.75, 3.05) is 5.32 Å². The first-order valence-corrected chi connectivity index (χ1v) is 11.1. The molecule has 2 heterocycles. The van der Waals surface area contributed by atoms with Gasteiger partial charge < -0.3 is 5.32 Å². The van der Waals surface area contributed by atoms with Crippen LogP contribution < -0.4 is 5.32 Å². The Morgan fingerprint density at radius 2 is 1.87 bits per heavy atom. The Kier molecular flexibility index (Phi) is 5.77. The van der Waals surface area contributed by atoms with E-state index in [2.05, 4.69) is 11.4 Å². The number of hydrogen-bond acceptors (Lipinski definition) is 4. The fourth-order valence-electron chi connectivity index (χ4n) is 3.87. The summed E-state index contributed by atoms with van der Waals surface area (Å²) >= 11 is 7.49. The fourth-order valence-corrected chi connectivity index (χ4v) is 5.08. The fraction of sp³-hybridized carbons (Fsp3) is 0.160. The van der Waals surface area contributed by atoms with Crippen LogP contribution in [0, 0.1) is 25.2 Å². The maximum Gasteiger partial charge on any atom is 0.257 e. The van der Waals surface area contributed by atoms with Gasteiger partial charge in [0, 0.05) is 20.8 Å². The molecular formula is C25H20ClN3OS. The highest BCUT2D eigenvalue weighted by atomic mass is 35.5. The maximum absolute atomic E-state index is 13.5. The van der Waals surface area contributed by atoms with E-state index >= 15 is 0 Å². The zero-order valence-corrected chi connectivity index (χ0v) is 19.0. The SMILES string of the molecule is CCc1c(C)sc(NC(=O)c2c(C)c(-c3ccc(Cl)cc3)nc3ccccc23)c1C#N. The number of rotatable bonds is 4. The lowest BCUT2D eigenvalue weighted by Crippen LogP contribution is -2.15. The normalized spacial score (nSPS) is 10.8. The molecule has 1 amide bonds. The Labute approximate surface area is 190 Å². The number of carbonyl (C=O) groups is 1. The van der Waals surface area contributed by atoms with Crippen molar-refractivity contribution in [3.8, 4) is 17.3 Å². The lowest BCUT2D eigenvalue weighted by molar-refractivity contribution is 0.102. The summed E-state index contributed by atoms with van der Waals surface area (Å²) in [7, 11) is 0. The highest BCUT2D eigenvalue weighted by Gasteiger charge is 2.22. The van der Waals surface area contributed by atoms with Gasteiger partial charge in [0.15, 0.2) is 0 Å². The minimum absolute atomic E-state index is 0.244. The molecule has 1 N–H and O–H groups in total. The second-order valence-electron chi connectivity index (χ2n) is 7.24. The molecule has 4 rings (SSSR count). The molecular weight excluding hydrogens is 426 g/mol. The van der Waals surface area contributed by atoms with E-state index in [0.717, 1.165) is 44.6 Å². The number of nitrogens with one attached hydrogen (secondary N) is 1. The lowest BCUT2D eigenvalue weighted by atomic mass is 9.97. The molecule has 31 heavy (non-hydrogen) atoms. The summed E-state index contributed by atoms with van der Waals surface area (Å²) in [5.41, 5.74) is 5.23. The molecule has 4 nitrogen and oxygen atoms in total. The zero-order chi connectivity index (χ0) is 22.1. The summed E-state index contributed by atoms with van der Waals surface area (Å²) in [5.74, 6) is -0.244. The number of thiophene rings is 1. The molecule has 0 saturated heterocycles. The van der Waals surface area contributed by atoms with Crippen molar-refractivity contribution >= 4 is 44.7 Å². The maximum atomic E-state index is 13.5. The number of aryl methyl sites for hydroxylation is 1. The average molecular weight is 446 g/mol. The number of anilines is 1. The van der Waals surface area contributed by atoms with Gasteiger partial charge in [0.25, 0.3) is 5.91 Å². The molecule has 0 aliphatic heterocycles. The highest BCUT2D eigenvalue weighted by Crippen LogP contribution is 2.35. The van der Waals surface area contributed by atoms with Crippen molar-refractivity contribution in [1.82, 2.24) is 4.98 Å². The van der Waals surface area contributed by atoms with Crippen LogP contribution in [0.3, 0.4) is 0 Å². The number of nitriles is 1. The van der Waals surface area contributed by atoms with Crippen molar-refractivity contribution in [2.45, 2.75) is 27.2 Å². The van der Waals surface area contributed by atoms with E-state index in [1.807, 2.05) is 69.3 Å². The molecule has 0 bridgehead atoms. The highest BCUT2D eigenvalue weighted by molar-refractivity contribution is 7.16. The Balaban J connectivity index is 1.87. The van der Waals surface area contributed by atoms with Crippen LogP contribution in [0.2, 0.25) is 5.02 Å². The van der Waals surface area contributed by atoms with Crippen molar-refractivity contribution in [3.63, 3.8) is 0 Å². The van der Waals surface area contributed by atoms with Gasteiger partial charge in [0.1, 0.15) is 11.1 Å². The largest absolute Gasteiger partial charge is 0.312 e. The summed E-state index contributed by atoms with van der Waals surface area (Å²) in [5, 5.41) is 14.7. The summed E-state index contributed by atoms with van der Waals surface area (Å²) in [6, 6.07) is 17.3. The molecule has 154 valence electrons. The van der Waals surface area contributed by atoms with E-state index in [9.17, 15) is 10.1 Å². The van der Waals surface area contributed by atoms with Crippen LogP contribution in [0.25, 0.3) is 22.2 Å². The van der Waals surface area contributed by atoms with Gasteiger partial charge in [-0.05, 0) is 49.6 Å². The molecule has 0 atom stereocenters. The minimum atomic E-state index is -0.244. The molecule has 0 unspecified atom stereocenters. The second-order valence-corrected chi connectivity index (χ2v) is 8.91. The Hall–Kier alpha value is -3.20. The van der Waals surface area contributed by atoms with Gasteiger partial charge in [0.2, 0.25) is 0 Å². The van der Waals surface area contributed by atoms with Crippen LogP contribution in [0.5, 0.6) is 0 Å². The number of halogens is 1. The summed E-state index contributed by atoms with van der Waals surface area (Å²) in [6.45, 7) is 5.90. The van der Waals surface area contributed by atoms with Gasteiger partial charge in [0.05, 0.1) is 22.3 Å². The lowest BCUT2D eigenvalue weighted by Gasteiger charge is -2.14. The van der Waals surface area contributed by atoms with Gasteiger partial charge in [-0.15, -0.1) is 11.3 Å². The molecule has 0 aliphatic carbocycles. The van der Waals surface area contributed by atoms with E-state index in [1.54, 1.807) is 0 Å². The third-order valence-electron chi connectivity index (χ3n) is 5.38. The summed E-state index contributed by atoms with van der Waals surface area (Å²) in [6.07, 6.45) is 0.749. The number of carbonyl (C=O) groups excluding carboxylic acids is 1. The Morgan fingerprint density at radius 1 is 1.16 bits per heavy atom. The van der Waals surface area contributed by atoms with Crippen LogP contribution in [0.1, 0.15) is 38.8 Å². The number of hydrogen-bond donors (Lipinski definition) is 1. The van der Waals surface area contributed by atoms with Crippen molar-refractivity contribution in [3.05, 3.63) is 80.7 Å². The van der Waals surface area contributed by atoms with Crippen LogP contribution in [-0.2, 0) is 6.42 Å². The van der Waals surface area contributed by atoms with Gasteiger partial charge in [-0.2, -0.15) is 5.26 Å². The number of para-hydroxylation sites is 1. The zero-order valence-electron chi connectivity index (χ0n) is 17.4. The molecule has 2 aromatic heterocycles. The molecule has 0 spiro atoms. The van der Waals surface area contributed by atoms with Crippen LogP contribution in [0.15, 0.2) is 48.5 Å². The Morgan fingerprint density at radius 3 is 2.55 bits per heavy atom. The molecule has 4 aromatic rings. The number of pyridine rings is 1. The number of fused-ring (bicyclic) bond motifs is 1. The predicted octanol–water partition coefficient (Wildman–Crippen LogP) is 6.92. The first kappa shape index (κ1) is 21.0. The summed E-state index contributed by atoms with van der Waals surface area (Å²) < 4.78 is 0. The standard InChI is InChI=1S/C25H20ClN3OS/c1-4-18-15(3)31-25(20(18)13-27)29-24(30)22-14(2)23(16-9-11-17(26)12-10-16)28-21-8-6-5-7-19(21)22/h5-12H,4H2,1-3H3,(H,29,30). The number of nitrogens with zero attached hydrogens (tertiary/aromatic N) is 2. The first-order chi connectivity index (χ1) is 14.9. The Bertz CT molecular complexity index is 1350. The first-order valence-electron chi connectivity index (χ1n) is 9.93. The molecule has 0 radical (unpaired) electrons. The number of aromatic nitrogens is 1. The van der Waals surface area contributed by atoms with Crippen LogP contribution >= 0.6 is 22.9 Å². The van der Waals surface area contributed by atoms with E-state index in [1.165, 1.54) is 11.3 Å². The smallest absolute Gasteiger partial charge is 0.257 e. The third kappa shape index (κ3) is 3.81. The van der Waals surface area contributed by atoms with Crippen LogP contribution in [-0.4, -0.2) is 10.9 Å². The third-order valence-corrected chi connectivity index (χ3v) is 6.70. The molecule has 0 fully saturated rings. The molecule has 0 aliphatic rings. The quantitative estimate of drug-likeness (QED) is 0.370. The average Bonchev–Trinajstić information content (AvgIpc) is 3.07. The number of benzene rings is 2. The van der Waals surface area contributed by atoms with Crippen LogP contribution in [0.4, 0.5) is 5.00 Å². The molecule has 6 heteroatoms. The molecule has 2 aromatic carbocycles. The van der Waals surface area contributed by atoms with E-state index in [4.69, 9.17) is 16.6 Å². The second kappa shape index (κ2) is 8.50. The van der Waals surface area contributed by atoms with E-state index in [0.29, 0.717) is 21.2 Å². The monoisotopic (exact) mass is 445 g/mol. The van der Waals surface area contributed by atoms with Gasteiger partial charge in [-0.25, -0.2) is 4.98 Å². The van der Waals surface area contributed by atoms with Gasteiger partial charge >= 0.3 is 0 Å². The van der Waals surface area contributed by atoms with Crippen molar-refractivity contribution < 1.29 is 4.79 Å². The van der Waals surface area contributed by atoms with Gasteiger partial charge in [-0.3, -0.25) is 4.79 Å².